The summed E-state index contributed by atoms with van der Waals surface area (Å²) < 4.78 is 5.20. The molecule has 0 aliphatic carbocycles. The summed E-state index contributed by atoms with van der Waals surface area (Å²) in [5.74, 6) is 0.0169. The van der Waals surface area contributed by atoms with Crippen molar-refractivity contribution in [3.05, 3.63) is 30.3 Å². The number of carbonyl (C=O) groups is 1. The minimum absolute atomic E-state index is 0.0169. The van der Waals surface area contributed by atoms with E-state index in [2.05, 4.69) is 0 Å². The van der Waals surface area contributed by atoms with Crippen molar-refractivity contribution in [3.8, 4) is 0 Å². The van der Waals surface area contributed by atoms with E-state index in [-0.39, 0.29) is 5.78 Å². The lowest BCUT2D eigenvalue weighted by atomic mass is 10.2. The predicted molar refractivity (Wildman–Crippen MR) is 60.9 cm³/mol. The van der Waals surface area contributed by atoms with Gasteiger partial charge >= 0.3 is 0 Å². The number of likely N-dealkylation sites (N-methyl/N-ethyl adjacent to an activating group) is 1. The molecule has 0 heterocycles. The van der Waals surface area contributed by atoms with E-state index in [9.17, 15) is 4.79 Å². The minimum Gasteiger partial charge on any atom is -0.354 e. The molecule has 1 unspecified atom stereocenters. The minimum atomic E-state index is -0.489. The van der Waals surface area contributed by atoms with Gasteiger partial charge in [-0.15, -0.1) is 0 Å². The summed E-state index contributed by atoms with van der Waals surface area (Å²) in [6.07, 6.45) is -0.489. The van der Waals surface area contributed by atoms with Gasteiger partial charge in [-0.1, -0.05) is 18.2 Å². The van der Waals surface area contributed by atoms with Gasteiger partial charge in [-0.05, 0) is 26.0 Å². The van der Waals surface area contributed by atoms with E-state index in [1.807, 2.05) is 42.2 Å². The zero-order chi connectivity index (χ0) is 11.3. The number of carbonyl (C=O) groups excluding carboxylic acids is 1. The molecule has 15 heavy (non-hydrogen) atoms. The number of hydrogen-bond acceptors (Lipinski definition) is 3. The smallest absolute Gasteiger partial charge is 0.189 e. The van der Waals surface area contributed by atoms with E-state index in [0.717, 1.165) is 12.2 Å². The molecule has 0 spiro atoms. The van der Waals surface area contributed by atoms with Crippen molar-refractivity contribution in [2.45, 2.75) is 20.1 Å². The van der Waals surface area contributed by atoms with Gasteiger partial charge in [0.15, 0.2) is 12.0 Å². The Hall–Kier alpha value is -1.35. The molecule has 0 radical (unpaired) electrons. The molecule has 1 rings (SSSR count). The molecule has 0 aliphatic rings. The van der Waals surface area contributed by atoms with Gasteiger partial charge < -0.3 is 9.64 Å². The maximum atomic E-state index is 11.4. The molecule has 0 aliphatic heterocycles. The Morgan fingerprint density at radius 3 is 2.40 bits per heavy atom. The fraction of sp³-hybridized carbons (Fsp3) is 0.417. The van der Waals surface area contributed by atoms with Crippen LogP contribution < -0.4 is 4.90 Å². The van der Waals surface area contributed by atoms with Crippen LogP contribution in [0.4, 0.5) is 5.69 Å². The Morgan fingerprint density at radius 2 is 2.00 bits per heavy atom. The van der Waals surface area contributed by atoms with Gasteiger partial charge in [0.2, 0.25) is 0 Å². The SMILES string of the molecule is CCN(c1ccccc1)C(OC)C(C)=O. The maximum Gasteiger partial charge on any atom is 0.189 e. The highest BCUT2D eigenvalue weighted by molar-refractivity contribution is 5.83. The average molecular weight is 207 g/mol. The summed E-state index contributed by atoms with van der Waals surface area (Å²) in [6.45, 7) is 4.28. The first-order valence-corrected chi connectivity index (χ1v) is 5.05. The van der Waals surface area contributed by atoms with Crippen LogP contribution in [-0.4, -0.2) is 25.7 Å². The second kappa shape index (κ2) is 5.51. The molecule has 1 atom stereocenters. The molecule has 0 bridgehead atoms. The van der Waals surface area contributed by atoms with E-state index in [1.165, 1.54) is 0 Å². The van der Waals surface area contributed by atoms with Gasteiger partial charge in [-0.3, -0.25) is 4.79 Å². The van der Waals surface area contributed by atoms with Crippen LogP contribution in [0.15, 0.2) is 30.3 Å². The highest BCUT2D eigenvalue weighted by atomic mass is 16.5. The zero-order valence-corrected chi connectivity index (χ0v) is 9.43. The molecule has 82 valence electrons. The standard InChI is InChI=1S/C12H17NO2/c1-4-13(12(15-3)10(2)14)11-8-6-5-7-9-11/h5-9,12H,4H2,1-3H3. The van der Waals surface area contributed by atoms with Crippen molar-refractivity contribution < 1.29 is 9.53 Å². The van der Waals surface area contributed by atoms with Gasteiger partial charge in [-0.2, -0.15) is 0 Å². The van der Waals surface area contributed by atoms with E-state index in [0.29, 0.717) is 0 Å². The normalized spacial score (nSPS) is 12.2. The third kappa shape index (κ3) is 2.80. The third-order valence-corrected chi connectivity index (χ3v) is 2.28. The number of rotatable bonds is 5. The Kier molecular flexibility index (Phi) is 4.31. The van der Waals surface area contributed by atoms with Crippen LogP contribution in [0.1, 0.15) is 13.8 Å². The summed E-state index contributed by atoms with van der Waals surface area (Å²) in [6, 6.07) is 9.79. The van der Waals surface area contributed by atoms with Crippen molar-refractivity contribution in [2.75, 3.05) is 18.6 Å². The molecule has 0 N–H and O–H groups in total. The number of hydrogen-bond donors (Lipinski definition) is 0. The number of para-hydroxylation sites is 1. The molecular weight excluding hydrogens is 190 g/mol. The van der Waals surface area contributed by atoms with Crippen molar-refractivity contribution in [3.63, 3.8) is 0 Å². The molecule has 0 saturated heterocycles. The number of ether oxygens (including phenoxy) is 1. The third-order valence-electron chi connectivity index (χ3n) is 2.28. The summed E-state index contributed by atoms with van der Waals surface area (Å²) in [5.41, 5.74) is 1.00. The summed E-state index contributed by atoms with van der Waals surface area (Å²) in [4.78, 5) is 13.3. The molecule has 0 fully saturated rings. The number of anilines is 1. The number of benzene rings is 1. The lowest BCUT2D eigenvalue weighted by Gasteiger charge is -2.29. The first-order chi connectivity index (χ1) is 7.20. The lowest BCUT2D eigenvalue weighted by Crippen LogP contribution is -2.41. The summed E-state index contributed by atoms with van der Waals surface area (Å²) in [7, 11) is 1.55. The molecule has 1 aromatic carbocycles. The summed E-state index contributed by atoms with van der Waals surface area (Å²) >= 11 is 0. The molecule has 1 aromatic rings. The van der Waals surface area contributed by atoms with Gasteiger partial charge in [0.05, 0.1) is 0 Å². The maximum absolute atomic E-state index is 11.4. The van der Waals surface area contributed by atoms with Gasteiger partial charge in [-0.25, -0.2) is 0 Å². The van der Waals surface area contributed by atoms with Crippen LogP contribution in [0.5, 0.6) is 0 Å². The lowest BCUT2D eigenvalue weighted by molar-refractivity contribution is -0.126. The number of ketones is 1. The Balaban J connectivity index is 2.92. The highest BCUT2D eigenvalue weighted by Crippen LogP contribution is 2.16. The number of Topliss-reactive ketones (excluding diaryl/α,β-unsaturated/α-hetero) is 1. The second-order valence-electron chi connectivity index (χ2n) is 3.32. The zero-order valence-electron chi connectivity index (χ0n) is 9.43. The second-order valence-corrected chi connectivity index (χ2v) is 3.32. The first-order valence-electron chi connectivity index (χ1n) is 5.05. The first kappa shape index (κ1) is 11.7. The van der Waals surface area contributed by atoms with Crippen LogP contribution >= 0.6 is 0 Å². The molecule has 3 heteroatoms. The monoisotopic (exact) mass is 207 g/mol. The predicted octanol–water partition coefficient (Wildman–Crippen LogP) is 2.07. The highest BCUT2D eigenvalue weighted by Gasteiger charge is 2.20. The van der Waals surface area contributed by atoms with E-state index < -0.39 is 6.23 Å². The number of methoxy groups -OCH3 is 1. The Bertz CT molecular complexity index is 311. The fourth-order valence-corrected chi connectivity index (χ4v) is 1.62. The largest absolute Gasteiger partial charge is 0.354 e. The topological polar surface area (TPSA) is 29.5 Å². The van der Waals surface area contributed by atoms with E-state index in [4.69, 9.17) is 4.74 Å². The molecule has 3 nitrogen and oxygen atoms in total. The van der Waals surface area contributed by atoms with Crippen LogP contribution in [0.2, 0.25) is 0 Å². The van der Waals surface area contributed by atoms with Gasteiger partial charge in [0, 0.05) is 19.3 Å². The van der Waals surface area contributed by atoms with Crippen LogP contribution in [0, 0.1) is 0 Å². The van der Waals surface area contributed by atoms with E-state index in [1.54, 1.807) is 14.0 Å². The van der Waals surface area contributed by atoms with Crippen molar-refractivity contribution in [1.29, 1.82) is 0 Å². The molecule has 0 saturated carbocycles. The molecular formula is C12H17NO2. The van der Waals surface area contributed by atoms with Crippen LogP contribution in [-0.2, 0) is 9.53 Å². The quantitative estimate of drug-likeness (QED) is 0.692. The average Bonchev–Trinajstić information content (AvgIpc) is 2.26. The van der Waals surface area contributed by atoms with Crippen molar-refractivity contribution >= 4 is 11.5 Å². The Labute approximate surface area is 90.7 Å². The summed E-state index contributed by atoms with van der Waals surface area (Å²) in [5, 5.41) is 0. The van der Waals surface area contributed by atoms with Crippen LogP contribution in [0.3, 0.4) is 0 Å². The Morgan fingerprint density at radius 1 is 1.40 bits per heavy atom. The van der Waals surface area contributed by atoms with E-state index >= 15 is 0 Å². The van der Waals surface area contributed by atoms with Crippen molar-refractivity contribution in [1.82, 2.24) is 0 Å². The fourth-order valence-electron chi connectivity index (χ4n) is 1.62. The van der Waals surface area contributed by atoms with Crippen molar-refractivity contribution in [2.24, 2.45) is 0 Å². The van der Waals surface area contributed by atoms with Gasteiger partial charge in [0.1, 0.15) is 0 Å². The molecule has 0 amide bonds. The number of nitrogens with zero attached hydrogens (tertiary/aromatic N) is 1. The molecule has 0 aromatic heterocycles. The van der Waals surface area contributed by atoms with Crippen LogP contribution in [0.25, 0.3) is 0 Å². The van der Waals surface area contributed by atoms with Gasteiger partial charge in [0.25, 0.3) is 0 Å².